The Labute approximate surface area is 168 Å². The predicted octanol–water partition coefficient (Wildman–Crippen LogP) is 5.86. The number of aromatic nitrogens is 1. The summed E-state index contributed by atoms with van der Waals surface area (Å²) in [6.07, 6.45) is 0. The molecule has 142 valence electrons. The molecule has 1 heterocycles. The molecule has 4 nitrogen and oxygen atoms in total. The Balaban J connectivity index is 1.67. The van der Waals surface area contributed by atoms with Crippen molar-refractivity contribution in [3.8, 4) is 5.75 Å². The fourth-order valence-corrected chi connectivity index (χ4v) is 4.74. The second-order valence-electron chi connectivity index (χ2n) is 6.57. The van der Waals surface area contributed by atoms with E-state index in [1.165, 1.54) is 11.8 Å². The second-order valence-corrected chi connectivity index (χ2v) is 8.83. The van der Waals surface area contributed by atoms with Gasteiger partial charge in [0.2, 0.25) is 5.91 Å². The average Bonchev–Trinajstić information content (AvgIpc) is 3.04. The van der Waals surface area contributed by atoms with Gasteiger partial charge in [-0.05, 0) is 49.1 Å². The molecule has 0 spiro atoms. The number of thioether (sulfide) groups is 1. The predicted molar refractivity (Wildman–Crippen MR) is 115 cm³/mol. The van der Waals surface area contributed by atoms with Crippen molar-refractivity contribution < 1.29 is 9.53 Å². The first-order valence-corrected chi connectivity index (χ1v) is 10.8. The van der Waals surface area contributed by atoms with Crippen molar-refractivity contribution in [2.45, 2.75) is 38.0 Å². The van der Waals surface area contributed by atoms with E-state index in [0.717, 1.165) is 37.1 Å². The van der Waals surface area contributed by atoms with Crippen LogP contribution in [0.15, 0.2) is 40.7 Å². The number of nitrogens with one attached hydrogen (secondary N) is 1. The molecule has 2 aromatic carbocycles. The molecule has 0 fully saturated rings. The van der Waals surface area contributed by atoms with Crippen LogP contribution in [0.1, 0.15) is 37.8 Å². The van der Waals surface area contributed by atoms with E-state index in [2.05, 4.69) is 30.2 Å². The highest BCUT2D eigenvalue weighted by Crippen LogP contribution is 2.32. The van der Waals surface area contributed by atoms with Crippen molar-refractivity contribution in [2.75, 3.05) is 17.7 Å². The van der Waals surface area contributed by atoms with E-state index in [9.17, 15) is 4.79 Å². The lowest BCUT2D eigenvalue weighted by Gasteiger charge is -2.16. The van der Waals surface area contributed by atoms with Crippen molar-refractivity contribution in [1.82, 2.24) is 4.98 Å². The summed E-state index contributed by atoms with van der Waals surface area (Å²) < 4.78 is 7.50. The summed E-state index contributed by atoms with van der Waals surface area (Å²) in [6, 6.07) is 12.0. The lowest BCUT2D eigenvalue weighted by Crippen LogP contribution is -2.16. The van der Waals surface area contributed by atoms with Gasteiger partial charge in [-0.25, -0.2) is 4.98 Å². The second kappa shape index (κ2) is 8.76. The Morgan fingerprint density at radius 1 is 1.30 bits per heavy atom. The van der Waals surface area contributed by atoms with Crippen LogP contribution in [0.2, 0.25) is 0 Å². The van der Waals surface area contributed by atoms with Crippen LogP contribution in [0.25, 0.3) is 10.2 Å². The number of carbonyl (C=O) groups excluding carboxylic acids is 1. The molecule has 0 radical (unpaired) electrons. The minimum Gasteiger partial charge on any atom is -0.494 e. The van der Waals surface area contributed by atoms with Crippen molar-refractivity contribution in [1.29, 1.82) is 0 Å². The number of thiazole rings is 1. The molecule has 3 aromatic rings. The third-order valence-electron chi connectivity index (χ3n) is 4.17. The number of hydrogen-bond acceptors (Lipinski definition) is 5. The molecule has 0 bridgehead atoms. The molecule has 0 saturated carbocycles. The molecule has 0 saturated heterocycles. The molecule has 1 amide bonds. The largest absolute Gasteiger partial charge is 0.494 e. The van der Waals surface area contributed by atoms with Crippen LogP contribution >= 0.6 is 23.1 Å². The first kappa shape index (κ1) is 19.7. The summed E-state index contributed by atoms with van der Waals surface area (Å²) >= 11 is 3.06. The number of nitrogens with zero attached hydrogens (tertiary/aromatic N) is 1. The summed E-state index contributed by atoms with van der Waals surface area (Å²) in [6.45, 7) is 8.91. The molecule has 1 aromatic heterocycles. The van der Waals surface area contributed by atoms with Crippen LogP contribution in [0, 0.1) is 6.92 Å². The van der Waals surface area contributed by atoms with Crippen LogP contribution in [0.5, 0.6) is 5.75 Å². The summed E-state index contributed by atoms with van der Waals surface area (Å²) in [5.41, 5.74) is 4.12. The lowest BCUT2D eigenvalue weighted by molar-refractivity contribution is -0.113. The first-order valence-electron chi connectivity index (χ1n) is 9.03. The zero-order valence-corrected chi connectivity index (χ0v) is 17.7. The molecule has 0 atom stereocenters. The van der Waals surface area contributed by atoms with Gasteiger partial charge in [0.05, 0.1) is 22.6 Å². The molecule has 6 heteroatoms. The van der Waals surface area contributed by atoms with Gasteiger partial charge in [0.25, 0.3) is 0 Å². The fourth-order valence-electron chi connectivity index (χ4n) is 2.85. The molecule has 3 rings (SSSR count). The maximum Gasteiger partial charge on any atom is 0.234 e. The van der Waals surface area contributed by atoms with E-state index >= 15 is 0 Å². The fraction of sp³-hybridized carbons (Fsp3) is 0.333. The number of amides is 1. The van der Waals surface area contributed by atoms with Gasteiger partial charge in [-0.3, -0.25) is 4.79 Å². The maximum absolute atomic E-state index is 12.5. The molecular formula is C21H24N2O2S2. The number of ether oxygens (including phenoxy) is 1. The van der Waals surface area contributed by atoms with Gasteiger partial charge in [-0.2, -0.15) is 0 Å². The van der Waals surface area contributed by atoms with Crippen LogP contribution in [-0.2, 0) is 4.79 Å². The van der Waals surface area contributed by atoms with Crippen LogP contribution in [0.4, 0.5) is 5.69 Å². The highest BCUT2D eigenvalue weighted by molar-refractivity contribution is 8.01. The molecule has 27 heavy (non-hydrogen) atoms. The summed E-state index contributed by atoms with van der Waals surface area (Å²) in [7, 11) is 0. The molecule has 0 aliphatic carbocycles. The van der Waals surface area contributed by atoms with Gasteiger partial charge in [0.1, 0.15) is 5.75 Å². The lowest BCUT2D eigenvalue weighted by atomic mass is 9.98. The SMILES string of the molecule is CCOc1ccc2nc(SCC(=O)Nc3c(C)cccc3C(C)C)sc2c1. The topological polar surface area (TPSA) is 51.2 Å². The number of carbonyl (C=O) groups is 1. The maximum atomic E-state index is 12.5. The molecule has 1 N–H and O–H groups in total. The Bertz CT molecular complexity index is 951. The third-order valence-corrected chi connectivity index (χ3v) is 6.33. The highest BCUT2D eigenvalue weighted by Gasteiger charge is 2.13. The molecule has 0 aliphatic rings. The highest BCUT2D eigenvalue weighted by atomic mass is 32.2. The van der Waals surface area contributed by atoms with E-state index in [1.807, 2.05) is 44.2 Å². The van der Waals surface area contributed by atoms with Gasteiger partial charge in [0, 0.05) is 5.69 Å². The van der Waals surface area contributed by atoms with Crippen molar-refractivity contribution in [3.63, 3.8) is 0 Å². The minimum absolute atomic E-state index is 0.00883. The number of benzene rings is 2. The monoisotopic (exact) mass is 400 g/mol. The summed E-state index contributed by atoms with van der Waals surface area (Å²) in [5, 5.41) is 3.09. The summed E-state index contributed by atoms with van der Waals surface area (Å²) in [4.78, 5) is 17.1. The van der Waals surface area contributed by atoms with E-state index in [1.54, 1.807) is 11.3 Å². The Morgan fingerprint density at radius 2 is 2.11 bits per heavy atom. The molecule has 0 aliphatic heterocycles. The molecular weight excluding hydrogens is 376 g/mol. The first-order chi connectivity index (χ1) is 13.0. The van der Waals surface area contributed by atoms with E-state index < -0.39 is 0 Å². The summed E-state index contributed by atoms with van der Waals surface area (Å²) in [5.74, 6) is 1.54. The normalized spacial score (nSPS) is 11.1. The van der Waals surface area contributed by atoms with Gasteiger partial charge in [0.15, 0.2) is 4.34 Å². The number of anilines is 1. The average molecular weight is 401 g/mol. The number of para-hydroxylation sites is 1. The smallest absolute Gasteiger partial charge is 0.234 e. The zero-order valence-electron chi connectivity index (χ0n) is 16.0. The van der Waals surface area contributed by atoms with Gasteiger partial charge in [-0.1, -0.05) is 43.8 Å². The van der Waals surface area contributed by atoms with Crippen LogP contribution in [-0.4, -0.2) is 23.3 Å². The van der Waals surface area contributed by atoms with Gasteiger partial charge >= 0.3 is 0 Å². The van der Waals surface area contributed by atoms with Crippen molar-refractivity contribution in [3.05, 3.63) is 47.5 Å². The van der Waals surface area contributed by atoms with Crippen molar-refractivity contribution in [2.24, 2.45) is 0 Å². The minimum atomic E-state index is -0.00883. The zero-order chi connectivity index (χ0) is 19.4. The number of aryl methyl sites for hydroxylation is 1. The quantitative estimate of drug-likeness (QED) is 0.505. The number of hydrogen-bond donors (Lipinski definition) is 1. The van der Waals surface area contributed by atoms with Gasteiger partial charge < -0.3 is 10.1 Å². The molecule has 0 unspecified atom stereocenters. The van der Waals surface area contributed by atoms with Gasteiger partial charge in [-0.15, -0.1) is 11.3 Å². The Hall–Kier alpha value is -2.05. The van der Waals surface area contributed by atoms with Crippen LogP contribution in [0.3, 0.4) is 0 Å². The van der Waals surface area contributed by atoms with E-state index in [-0.39, 0.29) is 5.91 Å². The standard InChI is InChI=1S/C21H24N2O2S2/c1-5-25-15-9-10-17-18(11-15)27-21(22-17)26-12-19(24)23-20-14(4)7-6-8-16(20)13(2)3/h6-11,13H,5,12H2,1-4H3,(H,23,24). The van der Waals surface area contributed by atoms with Crippen LogP contribution < -0.4 is 10.1 Å². The van der Waals surface area contributed by atoms with Crippen molar-refractivity contribution >= 4 is 44.9 Å². The van der Waals surface area contributed by atoms with E-state index in [4.69, 9.17) is 4.74 Å². The Morgan fingerprint density at radius 3 is 2.85 bits per heavy atom. The number of fused-ring (bicyclic) bond motifs is 1. The number of rotatable bonds is 7. The third kappa shape index (κ3) is 4.82. The van der Waals surface area contributed by atoms with E-state index in [0.29, 0.717) is 18.3 Å². The Kier molecular flexibility index (Phi) is 6.39.